The van der Waals surface area contributed by atoms with Crippen LogP contribution in [0.25, 0.3) is 0 Å². The van der Waals surface area contributed by atoms with E-state index in [0.29, 0.717) is 6.04 Å². The topological polar surface area (TPSA) is 35.2 Å². The Bertz CT molecular complexity index is 780. The number of nitrogens with zero attached hydrogens (tertiary/aromatic N) is 4. The minimum absolute atomic E-state index is 0.474. The van der Waals surface area contributed by atoms with Crippen molar-refractivity contribution in [2.24, 2.45) is 7.05 Å². The van der Waals surface area contributed by atoms with Crippen molar-refractivity contribution in [2.45, 2.75) is 45.3 Å². The lowest BCUT2D eigenvalue weighted by Crippen LogP contribution is -2.33. The predicted octanol–water partition coefficient (Wildman–Crippen LogP) is 3.99. The van der Waals surface area contributed by atoms with Crippen molar-refractivity contribution >= 4 is 0 Å². The second-order valence-corrected chi connectivity index (χ2v) is 7.77. The molecule has 4 heteroatoms. The molecular formula is C22H30N4. The molecule has 0 spiro atoms. The van der Waals surface area contributed by atoms with Gasteiger partial charge in [0.1, 0.15) is 11.8 Å². The number of aromatic nitrogens is 1. The van der Waals surface area contributed by atoms with Crippen molar-refractivity contribution in [1.29, 1.82) is 5.26 Å². The highest BCUT2D eigenvalue weighted by atomic mass is 15.2. The van der Waals surface area contributed by atoms with Gasteiger partial charge in [-0.25, -0.2) is 0 Å². The highest BCUT2D eigenvalue weighted by Gasteiger charge is 2.25. The monoisotopic (exact) mass is 350 g/mol. The molecule has 3 rings (SSSR count). The third-order valence-corrected chi connectivity index (χ3v) is 5.61. The molecule has 0 radical (unpaired) electrons. The zero-order valence-corrected chi connectivity index (χ0v) is 16.5. The van der Waals surface area contributed by atoms with Crippen molar-refractivity contribution in [3.8, 4) is 6.07 Å². The van der Waals surface area contributed by atoms with Crippen LogP contribution in [0.15, 0.2) is 30.3 Å². The molecule has 1 fully saturated rings. The average molecular weight is 351 g/mol. The van der Waals surface area contributed by atoms with E-state index in [1.165, 1.54) is 41.6 Å². The van der Waals surface area contributed by atoms with Crippen LogP contribution in [0.4, 0.5) is 0 Å². The molecule has 1 atom stereocenters. The SMILES string of the molecule is Cc1c(CN2CCCC[C@H]2c2ccc(CN(C)C)cc2)cc(C#N)n1C. The number of hydrogen-bond acceptors (Lipinski definition) is 3. The molecule has 138 valence electrons. The summed E-state index contributed by atoms with van der Waals surface area (Å²) in [5.74, 6) is 0. The Morgan fingerprint density at radius 3 is 2.54 bits per heavy atom. The van der Waals surface area contributed by atoms with Gasteiger partial charge in [0.25, 0.3) is 0 Å². The van der Waals surface area contributed by atoms with Gasteiger partial charge in [-0.1, -0.05) is 30.7 Å². The number of hydrogen-bond donors (Lipinski definition) is 0. The summed E-state index contributed by atoms with van der Waals surface area (Å²) in [6.45, 7) is 5.14. The maximum absolute atomic E-state index is 9.29. The average Bonchev–Trinajstić information content (AvgIpc) is 2.90. The van der Waals surface area contributed by atoms with Crippen LogP contribution in [-0.4, -0.2) is 35.0 Å². The first-order valence-electron chi connectivity index (χ1n) is 9.52. The van der Waals surface area contributed by atoms with E-state index in [2.05, 4.69) is 67.2 Å². The van der Waals surface area contributed by atoms with Gasteiger partial charge in [-0.05, 0) is 63.2 Å². The Labute approximate surface area is 157 Å². The van der Waals surface area contributed by atoms with Crippen LogP contribution in [0.3, 0.4) is 0 Å². The molecule has 0 unspecified atom stereocenters. The van der Waals surface area contributed by atoms with Crippen molar-refractivity contribution in [3.05, 3.63) is 58.4 Å². The molecule has 26 heavy (non-hydrogen) atoms. The normalized spacial score (nSPS) is 18.2. The van der Waals surface area contributed by atoms with Crippen molar-refractivity contribution in [3.63, 3.8) is 0 Å². The number of rotatable bonds is 5. The summed E-state index contributed by atoms with van der Waals surface area (Å²) in [5, 5.41) is 9.29. The maximum atomic E-state index is 9.29. The van der Waals surface area contributed by atoms with Gasteiger partial charge in [-0.3, -0.25) is 4.90 Å². The Balaban J connectivity index is 1.79. The second-order valence-electron chi connectivity index (χ2n) is 7.77. The summed E-state index contributed by atoms with van der Waals surface area (Å²) in [6, 6.07) is 14.0. The van der Waals surface area contributed by atoms with Gasteiger partial charge in [-0.15, -0.1) is 0 Å². The summed E-state index contributed by atoms with van der Waals surface area (Å²) in [4.78, 5) is 4.79. The lowest BCUT2D eigenvalue weighted by atomic mass is 9.94. The van der Waals surface area contributed by atoms with Gasteiger partial charge in [0.15, 0.2) is 0 Å². The van der Waals surface area contributed by atoms with Crippen LogP contribution in [-0.2, 0) is 20.1 Å². The molecule has 1 saturated heterocycles. The molecule has 1 aliphatic rings. The van der Waals surface area contributed by atoms with Gasteiger partial charge >= 0.3 is 0 Å². The highest BCUT2D eigenvalue weighted by Crippen LogP contribution is 2.33. The first-order valence-corrected chi connectivity index (χ1v) is 9.52. The smallest absolute Gasteiger partial charge is 0.120 e. The molecule has 2 heterocycles. The third-order valence-electron chi connectivity index (χ3n) is 5.61. The van der Waals surface area contributed by atoms with Gasteiger partial charge < -0.3 is 9.47 Å². The van der Waals surface area contributed by atoms with E-state index in [4.69, 9.17) is 0 Å². The number of piperidine rings is 1. The lowest BCUT2D eigenvalue weighted by Gasteiger charge is -2.36. The van der Waals surface area contributed by atoms with Crippen molar-refractivity contribution in [1.82, 2.24) is 14.4 Å². The first kappa shape index (κ1) is 18.7. The molecule has 0 saturated carbocycles. The van der Waals surface area contributed by atoms with E-state index in [1.807, 2.05) is 11.6 Å². The lowest BCUT2D eigenvalue weighted by molar-refractivity contribution is 0.140. The van der Waals surface area contributed by atoms with Crippen LogP contribution in [0.2, 0.25) is 0 Å². The fourth-order valence-electron chi connectivity index (χ4n) is 4.02. The Morgan fingerprint density at radius 1 is 1.19 bits per heavy atom. The molecular weight excluding hydrogens is 320 g/mol. The van der Waals surface area contributed by atoms with E-state index >= 15 is 0 Å². The molecule has 0 aliphatic carbocycles. The first-order chi connectivity index (χ1) is 12.5. The van der Waals surface area contributed by atoms with Gasteiger partial charge in [-0.2, -0.15) is 5.26 Å². The predicted molar refractivity (Wildman–Crippen MR) is 106 cm³/mol. The highest BCUT2D eigenvalue weighted by molar-refractivity contribution is 5.34. The van der Waals surface area contributed by atoms with E-state index in [-0.39, 0.29) is 0 Å². The molecule has 4 nitrogen and oxygen atoms in total. The summed E-state index contributed by atoms with van der Waals surface area (Å²) in [6.07, 6.45) is 3.76. The van der Waals surface area contributed by atoms with Crippen LogP contribution in [0.5, 0.6) is 0 Å². The van der Waals surface area contributed by atoms with Crippen LogP contribution >= 0.6 is 0 Å². The summed E-state index contributed by atoms with van der Waals surface area (Å²) in [7, 11) is 6.19. The number of likely N-dealkylation sites (tertiary alicyclic amines) is 1. The largest absolute Gasteiger partial charge is 0.340 e. The van der Waals surface area contributed by atoms with Gasteiger partial charge in [0, 0.05) is 31.9 Å². The van der Waals surface area contributed by atoms with Crippen LogP contribution in [0.1, 0.15) is 53.4 Å². The summed E-state index contributed by atoms with van der Waals surface area (Å²) < 4.78 is 2.00. The minimum Gasteiger partial charge on any atom is -0.340 e. The van der Waals surface area contributed by atoms with Gasteiger partial charge in [0.2, 0.25) is 0 Å². The molecule has 0 amide bonds. The Hall–Kier alpha value is -2.09. The standard InChI is InChI=1S/C22H30N4/c1-17-20(13-21(14-23)25(17)4)16-26-12-6-5-7-22(26)19-10-8-18(9-11-19)15-24(2)3/h8-11,13,22H,5-7,12,15-16H2,1-4H3/t22-/m0/s1. The van der Waals surface area contributed by atoms with Gasteiger partial charge in [0.05, 0.1) is 0 Å². The number of nitriles is 1. The van der Waals surface area contributed by atoms with E-state index in [0.717, 1.165) is 25.3 Å². The fraction of sp³-hybridized carbons (Fsp3) is 0.500. The van der Waals surface area contributed by atoms with Crippen LogP contribution < -0.4 is 0 Å². The minimum atomic E-state index is 0.474. The molecule has 2 aromatic rings. The molecule has 1 aromatic carbocycles. The maximum Gasteiger partial charge on any atom is 0.120 e. The third kappa shape index (κ3) is 4.00. The molecule has 1 aromatic heterocycles. The quantitative estimate of drug-likeness (QED) is 0.818. The molecule has 1 aliphatic heterocycles. The van der Waals surface area contributed by atoms with E-state index in [9.17, 15) is 5.26 Å². The molecule has 0 N–H and O–H groups in total. The Morgan fingerprint density at radius 2 is 1.92 bits per heavy atom. The summed E-state index contributed by atoms with van der Waals surface area (Å²) >= 11 is 0. The Kier molecular flexibility index (Phi) is 5.80. The molecule has 0 bridgehead atoms. The van der Waals surface area contributed by atoms with E-state index in [1.54, 1.807) is 0 Å². The van der Waals surface area contributed by atoms with Crippen molar-refractivity contribution < 1.29 is 0 Å². The zero-order valence-electron chi connectivity index (χ0n) is 16.5. The fourth-order valence-corrected chi connectivity index (χ4v) is 4.02. The second kappa shape index (κ2) is 8.07. The summed E-state index contributed by atoms with van der Waals surface area (Å²) in [5.41, 5.74) is 6.01. The van der Waals surface area contributed by atoms with Crippen molar-refractivity contribution in [2.75, 3.05) is 20.6 Å². The van der Waals surface area contributed by atoms with E-state index < -0.39 is 0 Å². The number of benzene rings is 1. The van der Waals surface area contributed by atoms with Crippen LogP contribution in [0, 0.1) is 18.3 Å². The zero-order chi connectivity index (χ0) is 18.7.